The summed E-state index contributed by atoms with van der Waals surface area (Å²) in [6.07, 6.45) is 2.98. The number of nitrogens with zero attached hydrogens (tertiary/aromatic N) is 3. The Kier molecular flexibility index (Phi) is 2.69. The lowest BCUT2D eigenvalue weighted by atomic mass is 10.3. The van der Waals surface area contributed by atoms with Crippen LogP contribution in [0.4, 0.5) is 0 Å². The first-order valence-corrected chi connectivity index (χ1v) is 4.64. The topological polar surface area (TPSA) is 58.1 Å². The smallest absolute Gasteiger partial charge is 0.272 e. The Balaban J connectivity index is 2.07. The van der Waals surface area contributed by atoms with Gasteiger partial charge in [0.25, 0.3) is 5.91 Å². The number of aromatic nitrogens is 2. The fourth-order valence-corrected chi connectivity index (χ4v) is 1.45. The molecule has 0 saturated carbocycles. The molecule has 1 aromatic rings. The van der Waals surface area contributed by atoms with Crippen LogP contribution in [0.2, 0.25) is 0 Å². The second kappa shape index (κ2) is 4.15. The highest BCUT2D eigenvalue weighted by Crippen LogP contribution is 2.01. The van der Waals surface area contributed by atoms with Gasteiger partial charge < -0.3 is 10.2 Å². The van der Waals surface area contributed by atoms with Gasteiger partial charge in [0, 0.05) is 32.4 Å². The normalized spacial score (nSPS) is 16.7. The minimum Gasteiger partial charge on any atom is -0.335 e. The average molecular weight is 192 g/mol. The van der Waals surface area contributed by atoms with Gasteiger partial charge in [0.2, 0.25) is 0 Å². The summed E-state index contributed by atoms with van der Waals surface area (Å²) < 4.78 is 0. The summed E-state index contributed by atoms with van der Waals surface area (Å²) in [5.74, 6) is -0.00565. The third-order valence-corrected chi connectivity index (χ3v) is 2.21. The van der Waals surface area contributed by atoms with Crippen molar-refractivity contribution in [1.29, 1.82) is 0 Å². The van der Waals surface area contributed by atoms with Crippen LogP contribution in [0.15, 0.2) is 18.6 Å². The molecule has 1 amide bonds. The van der Waals surface area contributed by atoms with E-state index in [0.717, 1.165) is 26.2 Å². The Morgan fingerprint density at radius 2 is 2.21 bits per heavy atom. The van der Waals surface area contributed by atoms with E-state index in [9.17, 15) is 4.79 Å². The first-order valence-electron chi connectivity index (χ1n) is 4.64. The molecule has 1 saturated heterocycles. The van der Waals surface area contributed by atoms with E-state index in [4.69, 9.17) is 0 Å². The second-order valence-electron chi connectivity index (χ2n) is 3.14. The average Bonchev–Trinajstić information content (AvgIpc) is 2.30. The standard InChI is InChI=1S/C9H12N4O/c14-9(8-1-2-11-7-12-8)13-5-3-10-4-6-13/h1-2,7,10H,3-6H2. The Morgan fingerprint density at radius 3 is 2.86 bits per heavy atom. The van der Waals surface area contributed by atoms with Crippen molar-refractivity contribution in [2.75, 3.05) is 26.2 Å². The van der Waals surface area contributed by atoms with Crippen molar-refractivity contribution >= 4 is 5.91 Å². The molecule has 0 radical (unpaired) electrons. The minimum atomic E-state index is -0.00565. The molecule has 1 N–H and O–H groups in total. The molecular formula is C9H12N4O. The fraction of sp³-hybridized carbons (Fsp3) is 0.444. The van der Waals surface area contributed by atoms with E-state index < -0.39 is 0 Å². The van der Waals surface area contributed by atoms with Crippen molar-refractivity contribution in [2.24, 2.45) is 0 Å². The Hall–Kier alpha value is -1.49. The van der Waals surface area contributed by atoms with E-state index in [1.807, 2.05) is 0 Å². The van der Waals surface area contributed by atoms with Gasteiger partial charge in [-0.05, 0) is 6.07 Å². The first kappa shape index (κ1) is 9.08. The Bertz CT molecular complexity index is 308. The second-order valence-corrected chi connectivity index (χ2v) is 3.14. The fourth-order valence-electron chi connectivity index (χ4n) is 1.45. The van der Waals surface area contributed by atoms with Crippen LogP contribution in [0, 0.1) is 0 Å². The van der Waals surface area contributed by atoms with Gasteiger partial charge in [-0.15, -0.1) is 0 Å². The maximum Gasteiger partial charge on any atom is 0.272 e. The lowest BCUT2D eigenvalue weighted by Crippen LogP contribution is -2.46. The molecule has 5 nitrogen and oxygen atoms in total. The van der Waals surface area contributed by atoms with Gasteiger partial charge in [-0.3, -0.25) is 4.79 Å². The SMILES string of the molecule is O=C(c1ccncn1)N1CCNCC1. The molecule has 0 atom stereocenters. The molecule has 1 aromatic heterocycles. The monoisotopic (exact) mass is 192 g/mol. The van der Waals surface area contributed by atoms with Gasteiger partial charge in [-0.2, -0.15) is 0 Å². The Labute approximate surface area is 82.2 Å². The highest BCUT2D eigenvalue weighted by Gasteiger charge is 2.18. The zero-order valence-corrected chi connectivity index (χ0v) is 7.81. The lowest BCUT2D eigenvalue weighted by Gasteiger charge is -2.26. The summed E-state index contributed by atoms with van der Waals surface area (Å²) in [5.41, 5.74) is 0.474. The molecule has 2 rings (SSSR count). The van der Waals surface area contributed by atoms with E-state index in [0.29, 0.717) is 5.69 Å². The minimum absolute atomic E-state index is 0.00565. The van der Waals surface area contributed by atoms with Crippen LogP contribution >= 0.6 is 0 Å². The van der Waals surface area contributed by atoms with Crippen molar-refractivity contribution < 1.29 is 4.79 Å². The molecule has 74 valence electrons. The van der Waals surface area contributed by atoms with Gasteiger partial charge in [0.1, 0.15) is 12.0 Å². The van der Waals surface area contributed by atoms with Crippen molar-refractivity contribution in [3.63, 3.8) is 0 Å². The quantitative estimate of drug-likeness (QED) is 0.653. The summed E-state index contributed by atoms with van der Waals surface area (Å²) in [4.78, 5) is 21.3. The van der Waals surface area contributed by atoms with Gasteiger partial charge in [0.15, 0.2) is 0 Å². The number of nitrogens with one attached hydrogen (secondary N) is 1. The van der Waals surface area contributed by atoms with Gasteiger partial charge in [-0.25, -0.2) is 9.97 Å². The molecule has 1 aliphatic heterocycles. The Morgan fingerprint density at radius 1 is 1.43 bits per heavy atom. The first-order chi connectivity index (χ1) is 6.88. The zero-order valence-electron chi connectivity index (χ0n) is 7.81. The number of carbonyl (C=O) groups is 1. The maximum atomic E-state index is 11.8. The zero-order chi connectivity index (χ0) is 9.80. The van der Waals surface area contributed by atoms with Crippen LogP contribution in [0.3, 0.4) is 0 Å². The summed E-state index contributed by atoms with van der Waals surface area (Å²) in [6.45, 7) is 3.22. The predicted octanol–water partition coefficient (Wildman–Crippen LogP) is -0.478. The largest absolute Gasteiger partial charge is 0.335 e. The van der Waals surface area contributed by atoms with Crippen LogP contribution in [-0.2, 0) is 0 Å². The van der Waals surface area contributed by atoms with Crippen LogP contribution in [0.5, 0.6) is 0 Å². The number of hydrogen-bond acceptors (Lipinski definition) is 4. The summed E-state index contributed by atoms with van der Waals surface area (Å²) in [6, 6.07) is 1.64. The van der Waals surface area contributed by atoms with Crippen molar-refractivity contribution in [1.82, 2.24) is 20.2 Å². The van der Waals surface area contributed by atoms with Gasteiger partial charge >= 0.3 is 0 Å². The van der Waals surface area contributed by atoms with Crippen molar-refractivity contribution in [3.8, 4) is 0 Å². The van der Waals surface area contributed by atoms with E-state index in [2.05, 4.69) is 15.3 Å². The number of rotatable bonds is 1. The molecule has 1 fully saturated rings. The van der Waals surface area contributed by atoms with E-state index in [1.54, 1.807) is 17.2 Å². The molecule has 0 spiro atoms. The third-order valence-electron chi connectivity index (χ3n) is 2.21. The lowest BCUT2D eigenvalue weighted by molar-refractivity contribution is 0.0729. The summed E-state index contributed by atoms with van der Waals surface area (Å²) in [7, 11) is 0. The predicted molar refractivity (Wildman–Crippen MR) is 50.8 cm³/mol. The summed E-state index contributed by atoms with van der Waals surface area (Å²) in [5, 5.41) is 3.19. The molecular weight excluding hydrogens is 180 g/mol. The highest BCUT2D eigenvalue weighted by molar-refractivity contribution is 5.92. The molecule has 1 aliphatic rings. The summed E-state index contributed by atoms with van der Waals surface area (Å²) >= 11 is 0. The van der Waals surface area contributed by atoms with Crippen LogP contribution in [0.25, 0.3) is 0 Å². The molecule has 2 heterocycles. The van der Waals surface area contributed by atoms with E-state index in [-0.39, 0.29) is 5.91 Å². The van der Waals surface area contributed by atoms with Crippen LogP contribution in [0.1, 0.15) is 10.5 Å². The molecule has 0 aliphatic carbocycles. The number of carbonyl (C=O) groups excluding carboxylic acids is 1. The molecule has 14 heavy (non-hydrogen) atoms. The van der Waals surface area contributed by atoms with Crippen LogP contribution < -0.4 is 5.32 Å². The number of piperazine rings is 1. The van der Waals surface area contributed by atoms with E-state index >= 15 is 0 Å². The number of hydrogen-bond donors (Lipinski definition) is 1. The van der Waals surface area contributed by atoms with Crippen molar-refractivity contribution in [2.45, 2.75) is 0 Å². The van der Waals surface area contributed by atoms with Crippen molar-refractivity contribution in [3.05, 3.63) is 24.3 Å². The van der Waals surface area contributed by atoms with Crippen LogP contribution in [-0.4, -0.2) is 47.0 Å². The molecule has 0 aromatic carbocycles. The maximum absolute atomic E-state index is 11.8. The third kappa shape index (κ3) is 1.88. The van der Waals surface area contributed by atoms with Gasteiger partial charge in [-0.1, -0.05) is 0 Å². The number of amides is 1. The molecule has 0 unspecified atom stereocenters. The molecule has 5 heteroatoms. The van der Waals surface area contributed by atoms with E-state index in [1.165, 1.54) is 6.33 Å². The van der Waals surface area contributed by atoms with Gasteiger partial charge in [0.05, 0.1) is 0 Å². The molecule has 0 bridgehead atoms. The highest BCUT2D eigenvalue weighted by atomic mass is 16.2.